The van der Waals surface area contributed by atoms with E-state index in [0.717, 1.165) is 0 Å². The first-order chi connectivity index (χ1) is 10.3. The Labute approximate surface area is 128 Å². The van der Waals surface area contributed by atoms with Crippen molar-refractivity contribution in [1.82, 2.24) is 5.32 Å². The van der Waals surface area contributed by atoms with Crippen LogP contribution in [0.2, 0.25) is 0 Å². The largest absolute Gasteiger partial charge is 0.476 e. The van der Waals surface area contributed by atoms with Crippen LogP contribution in [0.5, 0.6) is 5.75 Å². The van der Waals surface area contributed by atoms with E-state index in [2.05, 4.69) is 5.32 Å². The van der Waals surface area contributed by atoms with Crippen LogP contribution in [0.4, 0.5) is 0 Å². The smallest absolute Gasteiger partial charge is 0.339 e. The highest BCUT2D eigenvalue weighted by atomic mass is 16.6. The Hall–Kier alpha value is -2.08. The van der Waals surface area contributed by atoms with E-state index in [1.54, 1.807) is 45.0 Å². The lowest BCUT2D eigenvalue weighted by Crippen LogP contribution is -2.80. The zero-order chi connectivity index (χ0) is 16.1. The summed E-state index contributed by atoms with van der Waals surface area (Å²) in [7, 11) is 0. The second kappa shape index (κ2) is 4.71. The number of esters is 1. The zero-order valence-corrected chi connectivity index (χ0v) is 12.7. The minimum absolute atomic E-state index is 0.219. The fraction of sp³-hybridized carbons (Fsp3) is 0.500. The fourth-order valence-electron chi connectivity index (χ4n) is 3.24. The van der Waals surface area contributed by atoms with E-state index in [-0.39, 0.29) is 5.92 Å². The van der Waals surface area contributed by atoms with E-state index in [9.17, 15) is 14.7 Å². The van der Waals surface area contributed by atoms with Crippen LogP contribution in [-0.4, -0.2) is 40.3 Å². The molecule has 2 saturated heterocycles. The number of amides is 1. The van der Waals surface area contributed by atoms with Crippen molar-refractivity contribution in [2.24, 2.45) is 5.92 Å². The molecule has 0 aromatic heterocycles. The normalized spacial score (nSPS) is 34.5. The van der Waals surface area contributed by atoms with Gasteiger partial charge in [-0.05, 0) is 25.0 Å². The van der Waals surface area contributed by atoms with Gasteiger partial charge >= 0.3 is 5.97 Å². The molecule has 4 atom stereocenters. The summed E-state index contributed by atoms with van der Waals surface area (Å²) in [5.74, 6) is -0.801. The van der Waals surface area contributed by atoms with Crippen LogP contribution >= 0.6 is 0 Å². The van der Waals surface area contributed by atoms with Crippen molar-refractivity contribution in [3.63, 3.8) is 0 Å². The summed E-state index contributed by atoms with van der Waals surface area (Å²) < 4.78 is 11.0. The van der Waals surface area contributed by atoms with Gasteiger partial charge in [0.25, 0.3) is 5.91 Å². The van der Waals surface area contributed by atoms with Crippen molar-refractivity contribution in [1.29, 1.82) is 0 Å². The van der Waals surface area contributed by atoms with Crippen molar-refractivity contribution < 1.29 is 24.2 Å². The molecule has 2 aliphatic rings. The number of benzene rings is 1. The first kappa shape index (κ1) is 14.8. The van der Waals surface area contributed by atoms with E-state index in [1.807, 2.05) is 6.07 Å². The summed E-state index contributed by atoms with van der Waals surface area (Å²) in [4.78, 5) is 24.4. The Kier molecular flexibility index (Phi) is 3.18. The van der Waals surface area contributed by atoms with Gasteiger partial charge in [0, 0.05) is 0 Å². The Morgan fingerprint density at radius 1 is 1.27 bits per heavy atom. The lowest BCUT2D eigenvalue weighted by atomic mass is 9.69. The van der Waals surface area contributed by atoms with Gasteiger partial charge in [-0.3, -0.25) is 4.79 Å². The van der Waals surface area contributed by atoms with E-state index >= 15 is 0 Å². The summed E-state index contributed by atoms with van der Waals surface area (Å²) >= 11 is 0. The molecule has 0 radical (unpaired) electrons. The number of carbonyl (C=O) groups excluding carboxylic acids is 2. The van der Waals surface area contributed by atoms with Gasteiger partial charge in [-0.15, -0.1) is 0 Å². The molecule has 0 spiro atoms. The molecule has 22 heavy (non-hydrogen) atoms. The van der Waals surface area contributed by atoms with Crippen LogP contribution < -0.4 is 10.1 Å². The van der Waals surface area contributed by atoms with E-state index in [1.165, 1.54) is 0 Å². The number of para-hydroxylation sites is 1. The van der Waals surface area contributed by atoms with Crippen molar-refractivity contribution in [3.05, 3.63) is 30.3 Å². The molecule has 3 rings (SSSR count). The second-order valence-corrected chi connectivity index (χ2v) is 6.29. The minimum atomic E-state index is -1.45. The van der Waals surface area contributed by atoms with Gasteiger partial charge in [0.15, 0.2) is 5.60 Å². The van der Waals surface area contributed by atoms with Crippen LogP contribution in [-0.2, 0) is 14.3 Å². The van der Waals surface area contributed by atoms with Crippen molar-refractivity contribution in [3.8, 4) is 5.75 Å². The molecule has 0 bridgehead atoms. The number of hydrogen-bond acceptors (Lipinski definition) is 5. The van der Waals surface area contributed by atoms with Gasteiger partial charge in [0.2, 0.25) is 11.6 Å². The molecule has 1 aromatic carbocycles. The molecule has 0 saturated carbocycles. The van der Waals surface area contributed by atoms with E-state index in [0.29, 0.717) is 5.75 Å². The van der Waals surface area contributed by atoms with Gasteiger partial charge in [0.05, 0.1) is 6.10 Å². The lowest BCUT2D eigenvalue weighted by Gasteiger charge is -2.53. The highest BCUT2D eigenvalue weighted by Crippen LogP contribution is 2.49. The van der Waals surface area contributed by atoms with Gasteiger partial charge < -0.3 is 19.9 Å². The fourth-order valence-corrected chi connectivity index (χ4v) is 3.24. The van der Waals surface area contributed by atoms with Crippen LogP contribution in [0.25, 0.3) is 0 Å². The number of rotatable bonds is 4. The van der Waals surface area contributed by atoms with Gasteiger partial charge in [-0.1, -0.05) is 32.0 Å². The average Bonchev–Trinajstić information content (AvgIpc) is 2.65. The van der Waals surface area contributed by atoms with Crippen LogP contribution in [0, 0.1) is 5.92 Å². The highest BCUT2D eigenvalue weighted by molar-refractivity contribution is 6.03. The molecule has 2 N–H and O–H groups in total. The molecular weight excluding hydrogens is 286 g/mol. The Morgan fingerprint density at radius 2 is 1.91 bits per heavy atom. The van der Waals surface area contributed by atoms with Crippen LogP contribution in [0.15, 0.2) is 30.3 Å². The number of fused-ring (bicyclic) bond motifs is 1. The molecule has 6 heteroatoms. The van der Waals surface area contributed by atoms with Gasteiger partial charge in [0.1, 0.15) is 5.75 Å². The maximum absolute atomic E-state index is 12.3. The van der Waals surface area contributed by atoms with Crippen molar-refractivity contribution in [2.75, 3.05) is 0 Å². The summed E-state index contributed by atoms with van der Waals surface area (Å²) in [6, 6.07) is 8.84. The minimum Gasteiger partial charge on any atom is -0.476 e. The topological polar surface area (TPSA) is 84.9 Å². The van der Waals surface area contributed by atoms with E-state index < -0.39 is 35.2 Å². The monoisotopic (exact) mass is 305 g/mol. The summed E-state index contributed by atoms with van der Waals surface area (Å²) in [6.45, 7) is 5.18. The number of ether oxygens (including phenoxy) is 2. The second-order valence-electron chi connectivity index (χ2n) is 6.29. The average molecular weight is 305 g/mol. The standard InChI is InChI=1S/C16H19NO5/c1-9(2)11(18)16-14(20)22-15(16,3)12(13(19)17-16)21-10-7-5-4-6-8-10/h4-9,11-12,18H,1-3H3,(H,17,19)/t11-,12?,15-,16-/m0/s1. The number of hydrogen-bond donors (Lipinski definition) is 2. The Bertz CT molecular complexity index is 616. The van der Waals surface area contributed by atoms with Crippen molar-refractivity contribution in [2.45, 2.75) is 44.1 Å². The predicted molar refractivity (Wildman–Crippen MR) is 77.1 cm³/mol. The molecule has 2 fully saturated rings. The quantitative estimate of drug-likeness (QED) is 0.797. The molecule has 6 nitrogen and oxygen atoms in total. The molecule has 2 heterocycles. The SMILES string of the molecule is CC(C)[C@H](O)[C@@]12NC(=O)C(Oc3ccccc3)[C@]1(C)OC2=O. The highest BCUT2D eigenvalue weighted by Gasteiger charge is 2.80. The van der Waals surface area contributed by atoms with Crippen LogP contribution in [0.1, 0.15) is 20.8 Å². The molecular formula is C16H19NO5. The molecule has 0 aliphatic carbocycles. The number of aliphatic hydroxyl groups excluding tert-OH is 1. The molecule has 2 aliphatic heterocycles. The first-order valence-electron chi connectivity index (χ1n) is 7.28. The summed E-state index contributed by atoms with van der Waals surface area (Å²) in [5, 5.41) is 13.1. The molecule has 1 aromatic rings. The summed E-state index contributed by atoms with van der Waals surface area (Å²) in [5.41, 5.74) is -2.68. The first-order valence-corrected chi connectivity index (χ1v) is 7.28. The van der Waals surface area contributed by atoms with E-state index in [4.69, 9.17) is 9.47 Å². The van der Waals surface area contributed by atoms with Crippen LogP contribution in [0.3, 0.4) is 0 Å². The third-order valence-electron chi connectivity index (χ3n) is 4.54. The third-order valence-corrected chi connectivity index (χ3v) is 4.54. The predicted octanol–water partition coefficient (Wildman–Crippen LogP) is 0.635. The Balaban J connectivity index is 1.95. The zero-order valence-electron chi connectivity index (χ0n) is 12.7. The molecule has 118 valence electrons. The maximum atomic E-state index is 12.3. The molecule has 1 amide bonds. The third kappa shape index (κ3) is 1.70. The number of carbonyl (C=O) groups is 2. The molecule has 1 unspecified atom stereocenters. The number of nitrogens with one attached hydrogen (secondary N) is 1. The van der Waals surface area contributed by atoms with Crippen molar-refractivity contribution >= 4 is 11.9 Å². The number of aliphatic hydroxyl groups is 1. The summed E-state index contributed by atoms with van der Waals surface area (Å²) in [6.07, 6.45) is -2.05. The Morgan fingerprint density at radius 3 is 2.45 bits per heavy atom. The maximum Gasteiger partial charge on any atom is 0.339 e. The lowest BCUT2D eigenvalue weighted by molar-refractivity contribution is -0.242. The van der Waals surface area contributed by atoms with Gasteiger partial charge in [-0.25, -0.2) is 4.79 Å². The van der Waals surface area contributed by atoms with Gasteiger partial charge in [-0.2, -0.15) is 0 Å².